The SMILES string of the molecule is CC1C(CN(C)Cc2ccccc2)OC(c2ccc(CNC(=O)NC34CC5CC(CC(C5)C3)C4)cc2)OC1c1ccc(CO)cc1. The number of carbonyl (C=O) groups excluding carboxylic acids is 1. The summed E-state index contributed by atoms with van der Waals surface area (Å²) < 4.78 is 13.3. The maximum absolute atomic E-state index is 13.0. The normalized spacial score (nSPS) is 31.6. The molecule has 4 aliphatic carbocycles. The molecule has 3 aromatic carbocycles. The largest absolute Gasteiger partial charge is 0.392 e. The summed E-state index contributed by atoms with van der Waals surface area (Å²) in [6.07, 6.45) is 6.82. The molecule has 244 valence electrons. The van der Waals surface area contributed by atoms with Crippen molar-refractivity contribution in [3.05, 3.63) is 107 Å². The van der Waals surface area contributed by atoms with E-state index in [9.17, 15) is 9.90 Å². The first kappa shape index (κ1) is 31.4. The average molecular weight is 624 g/mol. The van der Waals surface area contributed by atoms with E-state index in [0.29, 0.717) is 6.54 Å². The molecule has 7 heteroatoms. The predicted octanol–water partition coefficient (Wildman–Crippen LogP) is 6.87. The van der Waals surface area contributed by atoms with Crippen molar-refractivity contribution in [1.29, 1.82) is 0 Å². The smallest absolute Gasteiger partial charge is 0.315 e. The lowest BCUT2D eigenvalue weighted by molar-refractivity contribution is -0.276. The lowest BCUT2D eigenvalue weighted by Gasteiger charge is -2.56. The Bertz CT molecular complexity index is 1430. The van der Waals surface area contributed by atoms with Gasteiger partial charge in [-0.3, -0.25) is 4.90 Å². The van der Waals surface area contributed by atoms with E-state index in [4.69, 9.17) is 9.47 Å². The molecule has 7 nitrogen and oxygen atoms in total. The van der Waals surface area contributed by atoms with Crippen LogP contribution >= 0.6 is 0 Å². The molecule has 4 saturated carbocycles. The average Bonchev–Trinajstić information content (AvgIpc) is 3.05. The van der Waals surface area contributed by atoms with E-state index in [1.54, 1.807) is 0 Å². The fourth-order valence-corrected chi connectivity index (χ4v) is 9.12. The molecule has 4 atom stereocenters. The van der Waals surface area contributed by atoms with Gasteiger partial charge in [-0.2, -0.15) is 0 Å². The minimum Gasteiger partial charge on any atom is -0.392 e. The second kappa shape index (κ2) is 13.5. The van der Waals surface area contributed by atoms with Crippen molar-refractivity contribution in [3.8, 4) is 0 Å². The Kier molecular flexibility index (Phi) is 9.19. The summed E-state index contributed by atoms with van der Waals surface area (Å²) in [7, 11) is 2.14. The van der Waals surface area contributed by atoms with E-state index < -0.39 is 6.29 Å². The number of nitrogens with one attached hydrogen (secondary N) is 2. The van der Waals surface area contributed by atoms with Crippen LogP contribution in [-0.4, -0.2) is 41.3 Å². The third kappa shape index (κ3) is 7.03. The van der Waals surface area contributed by atoms with Crippen molar-refractivity contribution in [2.45, 2.75) is 89.2 Å². The summed E-state index contributed by atoms with van der Waals surface area (Å²) in [6, 6.07) is 26.8. The zero-order valence-corrected chi connectivity index (χ0v) is 27.2. The number of ether oxygens (including phenoxy) is 2. The van der Waals surface area contributed by atoms with Crippen LogP contribution in [0.4, 0.5) is 4.79 Å². The van der Waals surface area contributed by atoms with Crippen LogP contribution in [0.2, 0.25) is 0 Å². The molecular weight excluding hydrogens is 574 g/mol. The first-order valence-corrected chi connectivity index (χ1v) is 17.2. The lowest BCUT2D eigenvalue weighted by atomic mass is 9.53. The highest BCUT2D eigenvalue weighted by molar-refractivity contribution is 5.75. The molecule has 4 unspecified atom stereocenters. The summed E-state index contributed by atoms with van der Waals surface area (Å²) in [5.74, 6) is 2.52. The van der Waals surface area contributed by atoms with Gasteiger partial charge < -0.3 is 25.2 Å². The van der Waals surface area contributed by atoms with Crippen molar-refractivity contribution >= 4 is 6.03 Å². The number of aliphatic hydroxyl groups is 1. The number of rotatable bonds is 10. The molecule has 46 heavy (non-hydrogen) atoms. The Morgan fingerprint density at radius 1 is 0.826 bits per heavy atom. The highest BCUT2D eigenvalue weighted by Gasteiger charge is 2.51. The van der Waals surface area contributed by atoms with Crippen molar-refractivity contribution in [1.82, 2.24) is 15.5 Å². The van der Waals surface area contributed by atoms with Crippen LogP contribution in [0.5, 0.6) is 0 Å². The maximum Gasteiger partial charge on any atom is 0.315 e. The topological polar surface area (TPSA) is 83.1 Å². The Morgan fingerprint density at radius 2 is 1.43 bits per heavy atom. The van der Waals surface area contributed by atoms with Gasteiger partial charge in [-0.05, 0) is 85.6 Å². The zero-order chi connectivity index (χ0) is 31.7. The molecule has 5 fully saturated rings. The lowest BCUT2D eigenvalue weighted by Crippen LogP contribution is -2.61. The molecule has 1 aliphatic heterocycles. The predicted molar refractivity (Wildman–Crippen MR) is 178 cm³/mol. The number of hydrogen-bond acceptors (Lipinski definition) is 5. The van der Waals surface area contributed by atoms with Gasteiger partial charge in [0.25, 0.3) is 0 Å². The Labute approximate surface area is 273 Å². The van der Waals surface area contributed by atoms with Gasteiger partial charge in [-0.15, -0.1) is 0 Å². The summed E-state index contributed by atoms with van der Waals surface area (Å²) in [5, 5.41) is 16.1. The molecule has 1 heterocycles. The Morgan fingerprint density at radius 3 is 2.07 bits per heavy atom. The third-order valence-corrected chi connectivity index (χ3v) is 11.0. The third-order valence-electron chi connectivity index (χ3n) is 11.0. The summed E-state index contributed by atoms with van der Waals surface area (Å²) in [5.41, 5.74) is 5.25. The van der Waals surface area contributed by atoms with Crippen LogP contribution in [-0.2, 0) is 29.2 Å². The van der Waals surface area contributed by atoms with Crippen LogP contribution in [0.15, 0.2) is 78.9 Å². The highest BCUT2D eigenvalue weighted by atomic mass is 16.7. The van der Waals surface area contributed by atoms with E-state index in [1.807, 2.05) is 18.2 Å². The summed E-state index contributed by atoms with van der Waals surface area (Å²) in [4.78, 5) is 15.3. The van der Waals surface area contributed by atoms with Gasteiger partial charge in [-0.25, -0.2) is 4.79 Å². The highest BCUT2D eigenvalue weighted by Crippen LogP contribution is 2.55. The minimum absolute atomic E-state index is 0.0101. The van der Waals surface area contributed by atoms with Crippen molar-refractivity contribution < 1.29 is 19.4 Å². The molecule has 1 saturated heterocycles. The molecule has 5 aliphatic rings. The fraction of sp³-hybridized carbons (Fsp3) is 0.513. The first-order valence-electron chi connectivity index (χ1n) is 17.2. The molecule has 3 N–H and O–H groups in total. The minimum atomic E-state index is -0.518. The quantitative estimate of drug-likeness (QED) is 0.230. The van der Waals surface area contributed by atoms with E-state index in [-0.39, 0.29) is 36.3 Å². The number of urea groups is 1. The van der Waals surface area contributed by atoms with E-state index in [1.165, 1.54) is 24.8 Å². The number of benzene rings is 3. The molecule has 0 spiro atoms. The first-order chi connectivity index (χ1) is 22.3. The van der Waals surface area contributed by atoms with Crippen molar-refractivity contribution in [2.24, 2.45) is 23.7 Å². The number of amides is 2. The van der Waals surface area contributed by atoms with Gasteiger partial charge in [0, 0.05) is 36.7 Å². The van der Waals surface area contributed by atoms with Crippen LogP contribution in [0, 0.1) is 23.7 Å². The van der Waals surface area contributed by atoms with Crippen LogP contribution in [0.25, 0.3) is 0 Å². The molecule has 4 bridgehead atoms. The zero-order valence-electron chi connectivity index (χ0n) is 27.2. The van der Waals surface area contributed by atoms with Gasteiger partial charge in [0.15, 0.2) is 6.29 Å². The van der Waals surface area contributed by atoms with Gasteiger partial charge in [0.05, 0.1) is 18.8 Å². The molecule has 3 aromatic rings. The molecule has 8 rings (SSSR count). The maximum atomic E-state index is 13.0. The van der Waals surface area contributed by atoms with Crippen LogP contribution in [0.3, 0.4) is 0 Å². The number of nitrogens with zero attached hydrogens (tertiary/aromatic N) is 1. The van der Waals surface area contributed by atoms with Gasteiger partial charge in [0.1, 0.15) is 0 Å². The van der Waals surface area contributed by atoms with Crippen LogP contribution < -0.4 is 10.6 Å². The molecule has 2 amide bonds. The molecule has 0 radical (unpaired) electrons. The van der Waals surface area contributed by atoms with Crippen molar-refractivity contribution in [2.75, 3.05) is 13.6 Å². The Hall–Kier alpha value is -3.23. The molecular formula is C39H49N3O4. The number of aliphatic hydroxyl groups excluding tert-OH is 1. The van der Waals surface area contributed by atoms with Gasteiger partial charge in [0.2, 0.25) is 0 Å². The van der Waals surface area contributed by atoms with Crippen LogP contribution in [0.1, 0.15) is 85.7 Å². The summed E-state index contributed by atoms with van der Waals surface area (Å²) >= 11 is 0. The van der Waals surface area contributed by atoms with E-state index >= 15 is 0 Å². The Balaban J connectivity index is 1.00. The number of hydrogen-bond donors (Lipinski definition) is 3. The van der Waals surface area contributed by atoms with Gasteiger partial charge in [-0.1, -0.05) is 85.8 Å². The van der Waals surface area contributed by atoms with Gasteiger partial charge >= 0.3 is 6.03 Å². The standard InChI is InChI=1S/C39H49N3O4/c1-26-35(24-42(2)23-28-6-4-3-5-7-28)45-37(46-36(26)33-12-10-29(25-43)11-13-33)34-14-8-27(9-15-34)22-40-38(44)41-39-19-30-16-31(20-39)18-32(17-30)21-39/h3-15,26,30-32,35-37,43H,16-25H2,1-2H3,(H2,40,41,44). The van der Waals surface area contributed by atoms with E-state index in [2.05, 4.69) is 90.2 Å². The second-order valence-electron chi connectivity index (χ2n) is 14.8. The van der Waals surface area contributed by atoms with Crippen molar-refractivity contribution in [3.63, 3.8) is 0 Å². The monoisotopic (exact) mass is 623 g/mol. The summed E-state index contributed by atoms with van der Waals surface area (Å²) in [6.45, 7) is 4.31. The molecule has 0 aromatic heterocycles. The number of carbonyl (C=O) groups is 1. The number of likely N-dealkylation sites (N-methyl/N-ethyl adjacent to an activating group) is 1. The van der Waals surface area contributed by atoms with E-state index in [0.717, 1.165) is 72.4 Å². The second-order valence-corrected chi connectivity index (χ2v) is 14.8. The fourth-order valence-electron chi connectivity index (χ4n) is 9.12.